The minimum Gasteiger partial charge on any atom is -0.467 e. The van der Waals surface area contributed by atoms with Crippen molar-refractivity contribution in [2.45, 2.75) is 38.5 Å². The first kappa shape index (κ1) is 17.4. The van der Waals surface area contributed by atoms with Gasteiger partial charge in [0.15, 0.2) is 5.82 Å². The standard InChI is InChI=1S/C19H19IN4O2/c1-11-7-13-10-21-24(18-9-17(20)22-19(23-18)26-2)16(13)8-15(11)12-3-5-14(25)6-4-12/h7-10,12H,3-6H2,1-2H3. The van der Waals surface area contributed by atoms with Crippen LogP contribution in [-0.4, -0.2) is 32.6 Å². The smallest absolute Gasteiger partial charge is 0.319 e. The fraction of sp³-hybridized carbons (Fsp3) is 0.368. The van der Waals surface area contributed by atoms with Crippen molar-refractivity contribution in [3.8, 4) is 11.8 Å². The second-order valence-electron chi connectivity index (χ2n) is 6.67. The highest BCUT2D eigenvalue weighted by Crippen LogP contribution is 2.35. The Hall–Kier alpha value is -2.03. The number of aromatic nitrogens is 4. The molecule has 2 aromatic heterocycles. The van der Waals surface area contributed by atoms with Crippen molar-refractivity contribution in [1.29, 1.82) is 0 Å². The molecule has 6 nitrogen and oxygen atoms in total. The molecule has 0 aliphatic heterocycles. The molecule has 134 valence electrons. The fourth-order valence-electron chi connectivity index (χ4n) is 3.66. The summed E-state index contributed by atoms with van der Waals surface area (Å²) in [6, 6.07) is 6.59. The molecule has 0 unspecified atom stereocenters. The van der Waals surface area contributed by atoms with E-state index in [2.05, 4.69) is 56.7 Å². The molecule has 1 fully saturated rings. The zero-order valence-corrected chi connectivity index (χ0v) is 16.9. The number of hydrogen-bond donors (Lipinski definition) is 0. The van der Waals surface area contributed by atoms with E-state index < -0.39 is 0 Å². The number of aryl methyl sites for hydroxylation is 1. The summed E-state index contributed by atoms with van der Waals surface area (Å²) in [6.07, 6.45) is 5.08. The molecular weight excluding hydrogens is 443 g/mol. The molecule has 1 saturated carbocycles. The summed E-state index contributed by atoms with van der Waals surface area (Å²) in [6.45, 7) is 2.14. The quantitative estimate of drug-likeness (QED) is 0.436. The largest absolute Gasteiger partial charge is 0.467 e. The molecule has 0 bridgehead atoms. The molecular formula is C19H19IN4O2. The number of carbonyl (C=O) groups excluding carboxylic acids is 1. The molecule has 0 N–H and O–H groups in total. The van der Waals surface area contributed by atoms with Gasteiger partial charge in [-0.05, 0) is 71.5 Å². The van der Waals surface area contributed by atoms with Crippen LogP contribution < -0.4 is 4.74 Å². The Kier molecular flexibility index (Phi) is 4.64. The maximum Gasteiger partial charge on any atom is 0.319 e. The zero-order valence-electron chi connectivity index (χ0n) is 14.7. The molecule has 7 heteroatoms. The van der Waals surface area contributed by atoms with E-state index in [0.717, 1.165) is 27.4 Å². The molecule has 3 aromatic rings. The van der Waals surface area contributed by atoms with Crippen LogP contribution >= 0.6 is 22.6 Å². The minimum absolute atomic E-state index is 0.327. The molecule has 1 aliphatic rings. The molecule has 0 radical (unpaired) electrons. The van der Waals surface area contributed by atoms with Crippen molar-refractivity contribution in [2.75, 3.05) is 7.11 Å². The number of halogens is 1. The molecule has 1 aliphatic carbocycles. The van der Waals surface area contributed by atoms with E-state index in [0.29, 0.717) is 36.4 Å². The number of methoxy groups -OCH3 is 1. The Morgan fingerprint density at radius 3 is 2.69 bits per heavy atom. The van der Waals surface area contributed by atoms with Crippen LogP contribution in [0.4, 0.5) is 0 Å². The average Bonchev–Trinajstić information content (AvgIpc) is 3.04. The molecule has 4 rings (SSSR count). The summed E-state index contributed by atoms with van der Waals surface area (Å²) in [4.78, 5) is 20.3. The number of carbonyl (C=O) groups is 1. The van der Waals surface area contributed by atoms with E-state index in [9.17, 15) is 4.79 Å². The van der Waals surface area contributed by atoms with Crippen molar-refractivity contribution in [2.24, 2.45) is 0 Å². The summed E-state index contributed by atoms with van der Waals surface area (Å²) in [7, 11) is 1.56. The topological polar surface area (TPSA) is 69.9 Å². The molecule has 0 amide bonds. The van der Waals surface area contributed by atoms with Gasteiger partial charge in [0.25, 0.3) is 0 Å². The second-order valence-corrected chi connectivity index (χ2v) is 7.78. The van der Waals surface area contributed by atoms with Crippen molar-refractivity contribution in [1.82, 2.24) is 19.7 Å². The number of Topliss-reactive ketones (excluding diaryl/α,β-unsaturated/α-hetero) is 1. The summed E-state index contributed by atoms with van der Waals surface area (Å²) in [5.74, 6) is 1.50. The Bertz CT molecular complexity index is 989. The van der Waals surface area contributed by atoms with Gasteiger partial charge in [0, 0.05) is 24.3 Å². The predicted octanol–water partition coefficient (Wildman–Crippen LogP) is 3.96. The lowest BCUT2D eigenvalue weighted by molar-refractivity contribution is -0.120. The molecule has 0 atom stereocenters. The van der Waals surface area contributed by atoms with Gasteiger partial charge >= 0.3 is 6.01 Å². The van der Waals surface area contributed by atoms with Gasteiger partial charge in [-0.2, -0.15) is 15.1 Å². The SMILES string of the molecule is COc1nc(I)cc(-n2ncc3cc(C)c(C4CCC(=O)CC4)cc32)n1. The van der Waals surface area contributed by atoms with Crippen molar-refractivity contribution < 1.29 is 9.53 Å². The van der Waals surface area contributed by atoms with E-state index in [1.165, 1.54) is 11.1 Å². The lowest BCUT2D eigenvalue weighted by atomic mass is 9.81. The van der Waals surface area contributed by atoms with Crippen LogP contribution in [0.3, 0.4) is 0 Å². The monoisotopic (exact) mass is 462 g/mol. The summed E-state index contributed by atoms with van der Waals surface area (Å²) in [5.41, 5.74) is 3.58. The van der Waals surface area contributed by atoms with Gasteiger partial charge in [-0.3, -0.25) is 4.79 Å². The number of fused-ring (bicyclic) bond motifs is 1. The van der Waals surface area contributed by atoms with Gasteiger partial charge in [0.05, 0.1) is 18.8 Å². The molecule has 1 aromatic carbocycles. The first-order chi connectivity index (χ1) is 12.5. The van der Waals surface area contributed by atoms with Crippen LogP contribution in [0.2, 0.25) is 0 Å². The van der Waals surface area contributed by atoms with Crippen LogP contribution in [0.15, 0.2) is 24.4 Å². The van der Waals surface area contributed by atoms with Gasteiger partial charge in [0.2, 0.25) is 0 Å². The van der Waals surface area contributed by atoms with Gasteiger partial charge in [-0.15, -0.1) is 0 Å². The Labute approximate surface area is 165 Å². The number of hydrogen-bond acceptors (Lipinski definition) is 5. The van der Waals surface area contributed by atoms with E-state index in [4.69, 9.17) is 4.74 Å². The summed E-state index contributed by atoms with van der Waals surface area (Å²) < 4.78 is 7.82. The third-order valence-electron chi connectivity index (χ3n) is 5.00. The number of ketones is 1. The van der Waals surface area contributed by atoms with Gasteiger partial charge in [-0.25, -0.2) is 4.68 Å². The van der Waals surface area contributed by atoms with Crippen LogP contribution in [0.25, 0.3) is 16.7 Å². The molecule has 0 saturated heterocycles. The second kappa shape index (κ2) is 6.94. The normalized spacial score (nSPS) is 15.6. The minimum atomic E-state index is 0.327. The maximum absolute atomic E-state index is 11.6. The highest BCUT2D eigenvalue weighted by atomic mass is 127. The van der Waals surface area contributed by atoms with Crippen LogP contribution in [-0.2, 0) is 4.79 Å². The number of benzene rings is 1. The van der Waals surface area contributed by atoms with Crippen LogP contribution in [0.1, 0.15) is 42.7 Å². The molecule has 2 heterocycles. The third kappa shape index (κ3) is 3.20. The van der Waals surface area contributed by atoms with E-state index in [1.54, 1.807) is 7.11 Å². The third-order valence-corrected chi connectivity index (χ3v) is 5.55. The van der Waals surface area contributed by atoms with Crippen molar-refractivity contribution in [3.05, 3.63) is 39.2 Å². The number of rotatable bonds is 3. The summed E-state index contributed by atoms with van der Waals surface area (Å²) in [5, 5.41) is 5.61. The lowest BCUT2D eigenvalue weighted by Gasteiger charge is -2.23. The maximum atomic E-state index is 11.6. The predicted molar refractivity (Wildman–Crippen MR) is 107 cm³/mol. The highest BCUT2D eigenvalue weighted by molar-refractivity contribution is 14.1. The number of nitrogens with zero attached hydrogens (tertiary/aromatic N) is 4. The van der Waals surface area contributed by atoms with E-state index in [-0.39, 0.29) is 0 Å². The van der Waals surface area contributed by atoms with Gasteiger partial charge in [0.1, 0.15) is 9.48 Å². The van der Waals surface area contributed by atoms with Gasteiger partial charge in [-0.1, -0.05) is 0 Å². The lowest BCUT2D eigenvalue weighted by Crippen LogP contribution is -2.13. The Morgan fingerprint density at radius 1 is 1.19 bits per heavy atom. The van der Waals surface area contributed by atoms with E-state index in [1.807, 2.05) is 16.9 Å². The van der Waals surface area contributed by atoms with Gasteiger partial charge < -0.3 is 4.74 Å². The fourth-order valence-corrected chi connectivity index (χ4v) is 4.15. The molecule has 26 heavy (non-hydrogen) atoms. The summed E-state index contributed by atoms with van der Waals surface area (Å²) >= 11 is 2.15. The Balaban J connectivity index is 1.81. The van der Waals surface area contributed by atoms with Crippen molar-refractivity contribution >= 4 is 39.3 Å². The highest BCUT2D eigenvalue weighted by Gasteiger charge is 2.22. The number of ether oxygens (including phenoxy) is 1. The molecule has 0 spiro atoms. The van der Waals surface area contributed by atoms with Crippen molar-refractivity contribution in [3.63, 3.8) is 0 Å². The first-order valence-electron chi connectivity index (χ1n) is 8.64. The average molecular weight is 462 g/mol. The zero-order chi connectivity index (χ0) is 18.3. The first-order valence-corrected chi connectivity index (χ1v) is 9.72. The Morgan fingerprint density at radius 2 is 1.96 bits per heavy atom. The van der Waals surface area contributed by atoms with E-state index >= 15 is 0 Å². The van der Waals surface area contributed by atoms with Crippen LogP contribution in [0.5, 0.6) is 6.01 Å². The van der Waals surface area contributed by atoms with Crippen LogP contribution in [0, 0.1) is 10.6 Å².